The molecule has 1 aliphatic rings. The van der Waals surface area contributed by atoms with Crippen LogP contribution in [0.4, 0.5) is 0 Å². The molecule has 0 amide bonds. The average Bonchev–Trinajstić information content (AvgIpc) is 3.39. The van der Waals surface area contributed by atoms with E-state index in [1.165, 1.54) is 5.56 Å². The van der Waals surface area contributed by atoms with Gasteiger partial charge in [-0.3, -0.25) is 4.90 Å². The van der Waals surface area contributed by atoms with Crippen LogP contribution < -0.4 is 0 Å². The lowest BCUT2D eigenvalue weighted by Gasteiger charge is -2.24. The van der Waals surface area contributed by atoms with E-state index in [0.29, 0.717) is 12.5 Å². The van der Waals surface area contributed by atoms with Gasteiger partial charge in [-0.15, -0.1) is 0 Å². The van der Waals surface area contributed by atoms with Gasteiger partial charge in [-0.05, 0) is 35.6 Å². The van der Waals surface area contributed by atoms with Crippen molar-refractivity contribution in [3.8, 4) is 23.0 Å². The van der Waals surface area contributed by atoms with Crippen LogP contribution in [-0.4, -0.2) is 29.6 Å². The molecule has 1 aliphatic heterocycles. The molecule has 1 heterocycles. The molecule has 0 radical (unpaired) electrons. The van der Waals surface area contributed by atoms with E-state index in [2.05, 4.69) is 71.3 Å². The molecular weight excluding hydrogens is 414 g/mol. The van der Waals surface area contributed by atoms with E-state index in [1.54, 1.807) is 0 Å². The molecule has 34 heavy (non-hydrogen) atoms. The second kappa shape index (κ2) is 10.1. The van der Waals surface area contributed by atoms with Gasteiger partial charge < -0.3 is 5.11 Å². The third-order valence-electron chi connectivity index (χ3n) is 6.72. The first-order valence-corrected chi connectivity index (χ1v) is 11.9. The summed E-state index contributed by atoms with van der Waals surface area (Å²) in [5.74, 6) is 7.10. The quantitative estimate of drug-likeness (QED) is 0.378. The Balaban J connectivity index is 1.37. The van der Waals surface area contributed by atoms with Crippen LogP contribution in [0.5, 0.6) is 0 Å². The van der Waals surface area contributed by atoms with Gasteiger partial charge in [0.25, 0.3) is 0 Å². The first kappa shape index (κ1) is 22.2. The molecule has 4 aromatic carbocycles. The summed E-state index contributed by atoms with van der Waals surface area (Å²) in [6.45, 7) is 2.69. The molecule has 5 rings (SSSR count). The van der Waals surface area contributed by atoms with Gasteiger partial charge >= 0.3 is 0 Å². The van der Waals surface area contributed by atoms with Crippen LogP contribution in [0, 0.1) is 11.8 Å². The van der Waals surface area contributed by atoms with Gasteiger partial charge in [-0.2, -0.15) is 0 Å². The summed E-state index contributed by atoms with van der Waals surface area (Å²) in [6.07, 6.45) is 1.15. The Morgan fingerprint density at radius 1 is 0.706 bits per heavy atom. The van der Waals surface area contributed by atoms with Crippen LogP contribution >= 0.6 is 0 Å². The molecule has 1 saturated heterocycles. The number of benzene rings is 4. The third kappa shape index (κ3) is 4.82. The molecule has 0 bridgehead atoms. The minimum Gasteiger partial charge on any atom is -0.369 e. The fraction of sp³-hybridized carbons (Fsp3) is 0.188. The smallest absolute Gasteiger partial charge is 0.176 e. The topological polar surface area (TPSA) is 23.5 Å². The highest BCUT2D eigenvalue weighted by molar-refractivity contribution is 5.64. The van der Waals surface area contributed by atoms with Crippen molar-refractivity contribution < 1.29 is 5.11 Å². The number of aliphatic hydroxyl groups is 1. The molecule has 4 aromatic rings. The molecule has 0 saturated carbocycles. The Kier molecular flexibility index (Phi) is 6.58. The van der Waals surface area contributed by atoms with Gasteiger partial charge in [0.1, 0.15) is 0 Å². The van der Waals surface area contributed by atoms with Crippen LogP contribution in [0.25, 0.3) is 11.1 Å². The molecule has 168 valence electrons. The molecule has 1 N–H and O–H groups in total. The molecule has 0 spiro atoms. The molecule has 2 nitrogen and oxygen atoms in total. The summed E-state index contributed by atoms with van der Waals surface area (Å²) in [6, 6.07) is 38.9. The predicted molar refractivity (Wildman–Crippen MR) is 139 cm³/mol. The number of likely N-dealkylation sites (tertiary alicyclic amines) is 1. The summed E-state index contributed by atoms with van der Waals surface area (Å²) in [5, 5.41) is 11.8. The number of hydrogen-bond acceptors (Lipinski definition) is 2. The van der Waals surface area contributed by atoms with Crippen molar-refractivity contribution in [2.75, 3.05) is 19.6 Å². The molecule has 1 fully saturated rings. The monoisotopic (exact) mass is 443 g/mol. The standard InChI is InChI=1S/C32H29NO/c34-32(30-15-8-3-9-16-30,31-19-17-28(18-20-31)26-11-4-1-5-12-26)22-10-23-33-24-21-29(25-33)27-13-6-2-7-14-27/h1-9,11-20,29,34H,21,23-25H2/t29-,32+/m1/s1. The van der Waals surface area contributed by atoms with Crippen LogP contribution in [0.2, 0.25) is 0 Å². The van der Waals surface area contributed by atoms with E-state index in [4.69, 9.17) is 0 Å². The summed E-state index contributed by atoms with van der Waals surface area (Å²) >= 11 is 0. The Morgan fingerprint density at radius 2 is 1.26 bits per heavy atom. The zero-order chi connectivity index (χ0) is 23.2. The largest absolute Gasteiger partial charge is 0.369 e. The summed E-state index contributed by atoms with van der Waals surface area (Å²) in [4.78, 5) is 2.38. The highest BCUT2D eigenvalue weighted by Crippen LogP contribution is 2.31. The third-order valence-corrected chi connectivity index (χ3v) is 6.72. The van der Waals surface area contributed by atoms with Gasteiger partial charge in [-0.25, -0.2) is 0 Å². The fourth-order valence-corrected chi connectivity index (χ4v) is 4.78. The maximum absolute atomic E-state index is 11.8. The van der Waals surface area contributed by atoms with Crippen molar-refractivity contribution in [3.05, 3.63) is 132 Å². The zero-order valence-electron chi connectivity index (χ0n) is 19.3. The van der Waals surface area contributed by atoms with Crippen molar-refractivity contribution in [2.45, 2.75) is 17.9 Å². The van der Waals surface area contributed by atoms with E-state index in [-0.39, 0.29) is 0 Å². The van der Waals surface area contributed by atoms with Crippen LogP contribution in [0.1, 0.15) is 29.0 Å². The summed E-state index contributed by atoms with van der Waals surface area (Å²) in [7, 11) is 0. The molecule has 0 aromatic heterocycles. The Bertz CT molecular complexity index is 1260. The maximum Gasteiger partial charge on any atom is 0.176 e. The number of hydrogen-bond donors (Lipinski definition) is 1. The second-order valence-corrected chi connectivity index (χ2v) is 8.95. The minimum atomic E-state index is -1.35. The normalized spacial score (nSPS) is 17.5. The first-order valence-electron chi connectivity index (χ1n) is 11.9. The lowest BCUT2D eigenvalue weighted by molar-refractivity contribution is 0.145. The summed E-state index contributed by atoms with van der Waals surface area (Å²) in [5.41, 5.74) is 3.90. The van der Waals surface area contributed by atoms with Gasteiger partial charge in [0.05, 0.1) is 6.54 Å². The van der Waals surface area contributed by atoms with Gasteiger partial charge in [0, 0.05) is 17.7 Å². The highest BCUT2D eigenvalue weighted by atomic mass is 16.3. The van der Waals surface area contributed by atoms with Crippen molar-refractivity contribution in [1.29, 1.82) is 0 Å². The molecule has 0 aliphatic carbocycles. The van der Waals surface area contributed by atoms with Crippen LogP contribution in [0.3, 0.4) is 0 Å². The SMILES string of the molecule is O[C@@](C#CCN1CC[C@@H](c2ccccc2)C1)(c1ccccc1)c1ccc(-c2ccccc2)cc1. The lowest BCUT2D eigenvalue weighted by Crippen LogP contribution is -2.26. The van der Waals surface area contributed by atoms with E-state index >= 15 is 0 Å². The van der Waals surface area contributed by atoms with Gasteiger partial charge in [0.2, 0.25) is 0 Å². The number of rotatable bonds is 5. The Hall–Kier alpha value is -3.64. The van der Waals surface area contributed by atoms with Gasteiger partial charge in [-0.1, -0.05) is 127 Å². The van der Waals surface area contributed by atoms with Gasteiger partial charge in [0.15, 0.2) is 5.60 Å². The zero-order valence-corrected chi connectivity index (χ0v) is 19.3. The maximum atomic E-state index is 11.8. The molecular formula is C32H29NO. The number of nitrogens with zero attached hydrogens (tertiary/aromatic N) is 1. The van der Waals surface area contributed by atoms with Crippen molar-refractivity contribution in [3.63, 3.8) is 0 Å². The minimum absolute atomic E-state index is 0.557. The van der Waals surface area contributed by atoms with E-state index in [9.17, 15) is 5.11 Å². The van der Waals surface area contributed by atoms with E-state index < -0.39 is 5.60 Å². The fourth-order valence-electron chi connectivity index (χ4n) is 4.78. The Labute approximate surface area is 202 Å². The van der Waals surface area contributed by atoms with Crippen LogP contribution in [0.15, 0.2) is 115 Å². The van der Waals surface area contributed by atoms with E-state index in [0.717, 1.165) is 41.8 Å². The van der Waals surface area contributed by atoms with E-state index in [1.807, 2.05) is 60.7 Å². The van der Waals surface area contributed by atoms with Crippen LogP contribution in [-0.2, 0) is 5.60 Å². The molecule has 2 atom stereocenters. The van der Waals surface area contributed by atoms with Crippen molar-refractivity contribution in [1.82, 2.24) is 4.90 Å². The molecule has 0 unspecified atom stereocenters. The first-order chi connectivity index (χ1) is 16.7. The predicted octanol–water partition coefficient (Wildman–Crippen LogP) is 6.08. The molecule has 2 heteroatoms. The highest BCUT2D eigenvalue weighted by Gasteiger charge is 2.29. The Morgan fingerprint density at radius 3 is 1.94 bits per heavy atom. The van der Waals surface area contributed by atoms with Crippen molar-refractivity contribution in [2.24, 2.45) is 0 Å². The second-order valence-electron chi connectivity index (χ2n) is 8.95. The lowest BCUT2D eigenvalue weighted by atomic mass is 9.86. The van der Waals surface area contributed by atoms with Crippen molar-refractivity contribution >= 4 is 0 Å². The average molecular weight is 444 g/mol. The summed E-state index contributed by atoms with van der Waals surface area (Å²) < 4.78 is 0.